The zero-order valence-electron chi connectivity index (χ0n) is 14.1. The van der Waals surface area contributed by atoms with E-state index in [1.807, 2.05) is 0 Å². The molecular weight excluding hydrogens is 390 g/mol. The van der Waals surface area contributed by atoms with Crippen molar-refractivity contribution in [3.05, 3.63) is 58.6 Å². The number of fused-ring (bicyclic) bond motifs is 1. The zero-order chi connectivity index (χ0) is 19.2. The fraction of sp³-hybridized carbons (Fsp3) is 0.222. The first-order valence-corrected chi connectivity index (χ1v) is 10.2. The number of halogens is 1. The Hall–Kier alpha value is -2.42. The predicted octanol–water partition coefficient (Wildman–Crippen LogP) is 1.70. The third kappa shape index (κ3) is 3.09. The van der Waals surface area contributed by atoms with Gasteiger partial charge in [-0.25, -0.2) is 8.42 Å². The van der Waals surface area contributed by atoms with Crippen LogP contribution in [0.5, 0.6) is 0 Å². The minimum atomic E-state index is -3.97. The molecule has 27 heavy (non-hydrogen) atoms. The van der Waals surface area contributed by atoms with Gasteiger partial charge in [0.1, 0.15) is 6.04 Å². The molecule has 2 aliphatic rings. The Morgan fingerprint density at radius 2 is 1.89 bits per heavy atom. The molecule has 9 heteroatoms. The summed E-state index contributed by atoms with van der Waals surface area (Å²) in [6.45, 7) is 0.336. The predicted molar refractivity (Wildman–Crippen MR) is 99.9 cm³/mol. The molecule has 1 saturated heterocycles. The monoisotopic (exact) mass is 405 g/mol. The van der Waals surface area contributed by atoms with Gasteiger partial charge in [-0.05, 0) is 35.4 Å². The Labute approximate surface area is 161 Å². The molecule has 140 valence electrons. The largest absolute Gasteiger partial charge is 0.353 e. The molecule has 0 bridgehead atoms. The first-order valence-electron chi connectivity index (χ1n) is 8.35. The second-order valence-corrected chi connectivity index (χ2v) is 8.67. The summed E-state index contributed by atoms with van der Waals surface area (Å²) in [6.07, 6.45) is 0.132. The smallest absolute Gasteiger partial charge is 0.244 e. The van der Waals surface area contributed by atoms with Crippen molar-refractivity contribution in [2.45, 2.75) is 17.4 Å². The number of anilines is 1. The van der Waals surface area contributed by atoms with E-state index in [0.717, 1.165) is 0 Å². The van der Waals surface area contributed by atoms with E-state index >= 15 is 0 Å². The van der Waals surface area contributed by atoms with Gasteiger partial charge in [0.05, 0.1) is 11.3 Å². The van der Waals surface area contributed by atoms with Crippen molar-refractivity contribution in [1.29, 1.82) is 0 Å². The maximum Gasteiger partial charge on any atom is 0.244 e. The maximum atomic E-state index is 13.3. The number of nitrogens with zero attached hydrogens (tertiary/aromatic N) is 1. The van der Waals surface area contributed by atoms with Gasteiger partial charge < -0.3 is 10.6 Å². The fourth-order valence-electron chi connectivity index (χ4n) is 3.40. The van der Waals surface area contributed by atoms with Gasteiger partial charge in [0.15, 0.2) is 0 Å². The summed E-state index contributed by atoms with van der Waals surface area (Å²) in [6, 6.07) is 10.1. The van der Waals surface area contributed by atoms with E-state index in [-0.39, 0.29) is 30.3 Å². The lowest BCUT2D eigenvalue weighted by Gasteiger charge is -2.34. The van der Waals surface area contributed by atoms with Crippen molar-refractivity contribution in [3.63, 3.8) is 0 Å². The first-order chi connectivity index (χ1) is 12.9. The summed E-state index contributed by atoms with van der Waals surface area (Å²) < 4.78 is 27.8. The number of hydrogen-bond acceptors (Lipinski definition) is 4. The van der Waals surface area contributed by atoms with Crippen molar-refractivity contribution in [2.75, 3.05) is 18.4 Å². The highest BCUT2D eigenvalue weighted by atomic mass is 35.5. The summed E-state index contributed by atoms with van der Waals surface area (Å²) in [4.78, 5) is 24.1. The third-order valence-electron chi connectivity index (χ3n) is 4.68. The van der Waals surface area contributed by atoms with Crippen LogP contribution in [0, 0.1) is 0 Å². The zero-order valence-corrected chi connectivity index (χ0v) is 15.7. The van der Waals surface area contributed by atoms with E-state index in [0.29, 0.717) is 21.8 Å². The second-order valence-electron chi connectivity index (χ2n) is 6.37. The highest BCUT2D eigenvalue weighted by Gasteiger charge is 2.40. The highest BCUT2D eigenvalue weighted by Crippen LogP contribution is 2.34. The Bertz CT molecular complexity index is 1050. The molecule has 1 atom stereocenters. The average Bonchev–Trinajstić information content (AvgIpc) is 3.01. The molecule has 1 fully saturated rings. The molecule has 7 nitrogen and oxygen atoms in total. The van der Waals surface area contributed by atoms with Crippen molar-refractivity contribution in [3.8, 4) is 0 Å². The molecule has 0 aliphatic carbocycles. The van der Waals surface area contributed by atoms with Crippen molar-refractivity contribution in [1.82, 2.24) is 9.62 Å². The molecule has 0 aromatic heterocycles. The van der Waals surface area contributed by atoms with Crippen LogP contribution in [-0.4, -0.2) is 37.6 Å². The van der Waals surface area contributed by atoms with E-state index in [1.165, 1.54) is 16.4 Å². The van der Waals surface area contributed by atoms with E-state index in [1.54, 1.807) is 30.3 Å². The molecule has 2 aromatic rings. The number of sulfonamides is 1. The number of carbonyl (C=O) groups excluding carboxylic acids is 2. The van der Waals surface area contributed by atoms with Crippen molar-refractivity contribution in [2.24, 2.45) is 0 Å². The van der Waals surface area contributed by atoms with Crippen molar-refractivity contribution >= 4 is 39.1 Å². The molecule has 2 N–H and O–H groups in total. The topological polar surface area (TPSA) is 95.6 Å². The Balaban J connectivity index is 1.78. The number of amides is 2. The van der Waals surface area contributed by atoms with Crippen molar-refractivity contribution < 1.29 is 18.0 Å². The van der Waals surface area contributed by atoms with Gasteiger partial charge in [-0.2, -0.15) is 4.31 Å². The summed E-state index contributed by atoms with van der Waals surface area (Å²) in [5, 5.41) is 5.70. The van der Waals surface area contributed by atoms with Crippen LogP contribution in [0.1, 0.15) is 17.2 Å². The number of nitrogens with one attached hydrogen (secondary N) is 2. The molecule has 2 aromatic carbocycles. The van der Waals surface area contributed by atoms with Gasteiger partial charge in [0.25, 0.3) is 0 Å². The Morgan fingerprint density at radius 3 is 2.67 bits per heavy atom. The molecule has 2 amide bonds. The lowest BCUT2D eigenvalue weighted by Crippen LogP contribution is -2.52. The molecule has 1 unspecified atom stereocenters. The van der Waals surface area contributed by atoms with Crippen LogP contribution >= 0.6 is 11.6 Å². The van der Waals surface area contributed by atoms with Gasteiger partial charge >= 0.3 is 0 Å². The molecule has 0 saturated carbocycles. The second kappa shape index (κ2) is 6.63. The summed E-state index contributed by atoms with van der Waals surface area (Å²) in [5.74, 6) is -0.596. The summed E-state index contributed by atoms with van der Waals surface area (Å²) in [7, 11) is -3.97. The van der Waals surface area contributed by atoms with Gasteiger partial charge in [0.2, 0.25) is 21.8 Å². The molecular formula is C18H16ClN3O4S. The van der Waals surface area contributed by atoms with Crippen LogP contribution in [0.2, 0.25) is 5.02 Å². The standard InChI is InChI=1S/C18H16ClN3O4S/c19-14-4-2-1-3-13(14)17-18(24)20-7-8-22(17)27(25,26)12-5-6-15-11(9-12)10-16(23)21-15/h1-6,9,17H,7-8,10H2,(H,20,24)(H,21,23). The van der Waals surface area contributed by atoms with Crippen LogP contribution in [0.3, 0.4) is 0 Å². The summed E-state index contributed by atoms with van der Waals surface area (Å²) in [5.41, 5.74) is 1.66. The quantitative estimate of drug-likeness (QED) is 0.812. The van der Waals surface area contributed by atoms with E-state index in [2.05, 4.69) is 10.6 Å². The van der Waals surface area contributed by atoms with E-state index in [4.69, 9.17) is 11.6 Å². The molecule has 0 spiro atoms. The number of piperazine rings is 1. The fourth-order valence-corrected chi connectivity index (χ4v) is 5.26. The minimum absolute atomic E-state index is 0.0458. The molecule has 2 heterocycles. The lowest BCUT2D eigenvalue weighted by atomic mass is 10.0. The third-order valence-corrected chi connectivity index (χ3v) is 6.88. The normalized spacial score (nSPS) is 20.1. The number of rotatable bonds is 3. The Morgan fingerprint density at radius 1 is 1.11 bits per heavy atom. The van der Waals surface area contributed by atoms with Crippen LogP contribution in [0.15, 0.2) is 47.4 Å². The lowest BCUT2D eigenvalue weighted by molar-refractivity contribution is -0.127. The Kier molecular flexibility index (Phi) is 4.41. The number of benzene rings is 2. The van der Waals surface area contributed by atoms with Crippen LogP contribution in [-0.2, 0) is 26.0 Å². The average molecular weight is 406 g/mol. The van der Waals surface area contributed by atoms with Gasteiger partial charge in [-0.15, -0.1) is 0 Å². The van der Waals surface area contributed by atoms with E-state index in [9.17, 15) is 18.0 Å². The number of carbonyl (C=O) groups is 2. The molecule has 0 radical (unpaired) electrons. The van der Waals surface area contributed by atoms with E-state index < -0.39 is 22.0 Å². The van der Waals surface area contributed by atoms with Gasteiger partial charge in [-0.1, -0.05) is 29.8 Å². The number of hydrogen-bond donors (Lipinski definition) is 2. The van der Waals surface area contributed by atoms with Crippen LogP contribution in [0.4, 0.5) is 5.69 Å². The first kappa shape index (κ1) is 18.0. The maximum absolute atomic E-state index is 13.3. The molecule has 4 rings (SSSR count). The SMILES string of the molecule is O=C1Cc2cc(S(=O)(=O)N3CCNC(=O)C3c3ccccc3Cl)ccc2N1. The van der Waals surface area contributed by atoms with Gasteiger partial charge in [-0.3, -0.25) is 9.59 Å². The van der Waals surface area contributed by atoms with Crippen LogP contribution < -0.4 is 10.6 Å². The molecule has 2 aliphatic heterocycles. The highest BCUT2D eigenvalue weighted by molar-refractivity contribution is 7.89. The summed E-state index contributed by atoms with van der Waals surface area (Å²) >= 11 is 6.23. The van der Waals surface area contributed by atoms with Gasteiger partial charge in [0, 0.05) is 23.8 Å². The van der Waals surface area contributed by atoms with Crippen LogP contribution in [0.25, 0.3) is 0 Å². The minimum Gasteiger partial charge on any atom is -0.353 e.